The summed E-state index contributed by atoms with van der Waals surface area (Å²) in [5.74, 6) is 1.12. The van der Waals surface area contributed by atoms with Gasteiger partial charge in [0.05, 0.1) is 40.4 Å². The SMILES string of the molecule is CC(=O)c1ccc(-n2cnc3cc(Nc4cnc(C)nc4)ccc32)nc1-c1c(C#N)n[nH]c1C. The Balaban J connectivity index is 1.57. The zero-order valence-electron chi connectivity index (χ0n) is 18.7. The van der Waals surface area contributed by atoms with E-state index >= 15 is 0 Å². The number of fused-ring (bicyclic) bond motifs is 1. The fourth-order valence-electron chi connectivity index (χ4n) is 3.75. The van der Waals surface area contributed by atoms with Gasteiger partial charge in [-0.05, 0) is 51.1 Å². The predicted octanol–water partition coefficient (Wildman–Crippen LogP) is 4.04. The number of hydrogen-bond donors (Lipinski definition) is 2. The Morgan fingerprint density at radius 3 is 2.62 bits per heavy atom. The first kappa shape index (κ1) is 21.0. The summed E-state index contributed by atoms with van der Waals surface area (Å²) in [5, 5.41) is 19.6. The third-order valence-electron chi connectivity index (χ3n) is 5.41. The van der Waals surface area contributed by atoms with Gasteiger partial charge in [-0.25, -0.2) is 19.9 Å². The first-order valence-electron chi connectivity index (χ1n) is 10.4. The molecule has 0 amide bonds. The quantitative estimate of drug-likeness (QED) is 0.384. The molecule has 0 unspecified atom stereocenters. The molecule has 5 rings (SSSR count). The number of imidazole rings is 1. The van der Waals surface area contributed by atoms with E-state index in [9.17, 15) is 10.1 Å². The highest BCUT2D eigenvalue weighted by atomic mass is 16.1. The number of nitriles is 1. The largest absolute Gasteiger partial charge is 0.353 e. The van der Waals surface area contributed by atoms with Gasteiger partial charge in [0, 0.05) is 16.9 Å². The summed E-state index contributed by atoms with van der Waals surface area (Å²) in [6.45, 7) is 5.10. The molecule has 0 aliphatic heterocycles. The Morgan fingerprint density at radius 2 is 1.88 bits per heavy atom. The normalized spacial score (nSPS) is 10.9. The van der Waals surface area contributed by atoms with Crippen molar-refractivity contribution in [3.05, 3.63) is 71.8 Å². The van der Waals surface area contributed by atoms with Gasteiger partial charge in [0.15, 0.2) is 11.5 Å². The van der Waals surface area contributed by atoms with Crippen LogP contribution in [0.1, 0.15) is 34.5 Å². The fourth-order valence-corrected chi connectivity index (χ4v) is 3.75. The number of anilines is 2. The summed E-state index contributed by atoms with van der Waals surface area (Å²) in [6.07, 6.45) is 5.12. The number of aromatic amines is 1. The summed E-state index contributed by atoms with van der Waals surface area (Å²) in [7, 11) is 0. The molecule has 0 fully saturated rings. The van der Waals surface area contributed by atoms with E-state index in [1.54, 1.807) is 37.8 Å². The summed E-state index contributed by atoms with van der Waals surface area (Å²) in [4.78, 5) is 30.0. The molecule has 0 saturated carbocycles. The van der Waals surface area contributed by atoms with E-state index < -0.39 is 0 Å². The molecule has 10 heteroatoms. The van der Waals surface area contributed by atoms with Crippen molar-refractivity contribution in [2.75, 3.05) is 5.32 Å². The molecule has 2 N–H and O–H groups in total. The second-order valence-corrected chi connectivity index (χ2v) is 7.77. The lowest BCUT2D eigenvalue weighted by atomic mass is 10.0. The molecule has 10 nitrogen and oxygen atoms in total. The lowest BCUT2D eigenvalue weighted by Gasteiger charge is -2.11. The zero-order chi connectivity index (χ0) is 23.8. The van der Waals surface area contributed by atoms with Crippen molar-refractivity contribution >= 4 is 28.2 Å². The van der Waals surface area contributed by atoms with Gasteiger partial charge in [-0.3, -0.25) is 14.5 Å². The first-order chi connectivity index (χ1) is 16.4. The van der Waals surface area contributed by atoms with Gasteiger partial charge in [-0.15, -0.1) is 0 Å². The molecule has 4 heterocycles. The molecule has 0 atom stereocenters. The molecule has 34 heavy (non-hydrogen) atoms. The van der Waals surface area contributed by atoms with Crippen LogP contribution in [0, 0.1) is 25.2 Å². The summed E-state index contributed by atoms with van der Waals surface area (Å²) in [5.41, 5.74) is 5.42. The number of rotatable bonds is 5. The Hall–Kier alpha value is -4.91. The number of ketones is 1. The van der Waals surface area contributed by atoms with Crippen LogP contribution >= 0.6 is 0 Å². The van der Waals surface area contributed by atoms with E-state index in [1.165, 1.54) is 6.92 Å². The van der Waals surface area contributed by atoms with Gasteiger partial charge in [-0.1, -0.05) is 0 Å². The Morgan fingerprint density at radius 1 is 1.09 bits per heavy atom. The average Bonchev–Trinajstić information content (AvgIpc) is 3.42. The molecule has 1 aromatic carbocycles. The number of nitrogens with zero attached hydrogens (tertiary/aromatic N) is 7. The molecule has 0 aliphatic carbocycles. The van der Waals surface area contributed by atoms with Crippen LogP contribution in [-0.4, -0.2) is 40.5 Å². The van der Waals surface area contributed by atoms with E-state index in [0.717, 1.165) is 22.4 Å². The fraction of sp³-hybridized carbons (Fsp3) is 0.125. The van der Waals surface area contributed by atoms with Crippen molar-refractivity contribution in [1.82, 2.24) is 34.7 Å². The molecule has 166 valence electrons. The van der Waals surface area contributed by atoms with Gasteiger partial charge in [-0.2, -0.15) is 10.4 Å². The lowest BCUT2D eigenvalue weighted by molar-refractivity contribution is 0.101. The maximum atomic E-state index is 12.3. The number of nitrogens with one attached hydrogen (secondary N) is 2. The van der Waals surface area contributed by atoms with E-state index in [-0.39, 0.29) is 11.5 Å². The standard InChI is InChI=1S/C24H19N9O/c1-13-23(20(9-25)32-31-13)24-18(14(2)34)5-7-22(30-24)33-12-28-19-8-16(4-6-21(19)33)29-17-10-26-15(3)27-11-17/h4-8,10-12,29H,1-3H3,(H,31,32). The number of benzene rings is 1. The maximum Gasteiger partial charge on any atom is 0.171 e. The minimum Gasteiger partial charge on any atom is -0.353 e. The van der Waals surface area contributed by atoms with Crippen molar-refractivity contribution in [1.29, 1.82) is 5.26 Å². The van der Waals surface area contributed by atoms with Crippen molar-refractivity contribution in [3.63, 3.8) is 0 Å². The molecule has 0 aliphatic rings. The third kappa shape index (κ3) is 3.65. The molecule has 0 radical (unpaired) electrons. The lowest BCUT2D eigenvalue weighted by Crippen LogP contribution is -2.04. The molecule has 5 aromatic rings. The number of aryl methyl sites for hydroxylation is 2. The van der Waals surface area contributed by atoms with Gasteiger partial charge in [0.2, 0.25) is 0 Å². The smallest absolute Gasteiger partial charge is 0.171 e. The molecule has 0 bridgehead atoms. The Kier molecular flexibility index (Phi) is 5.07. The van der Waals surface area contributed by atoms with Gasteiger partial charge in [0.25, 0.3) is 0 Å². The number of aromatic nitrogens is 7. The van der Waals surface area contributed by atoms with Crippen molar-refractivity contribution in [2.24, 2.45) is 0 Å². The minimum atomic E-state index is -0.148. The minimum absolute atomic E-state index is 0.148. The molecular weight excluding hydrogens is 430 g/mol. The van der Waals surface area contributed by atoms with Crippen LogP contribution in [0.4, 0.5) is 11.4 Å². The van der Waals surface area contributed by atoms with E-state index in [4.69, 9.17) is 4.98 Å². The Bertz CT molecular complexity index is 1590. The highest BCUT2D eigenvalue weighted by Crippen LogP contribution is 2.30. The van der Waals surface area contributed by atoms with E-state index in [0.29, 0.717) is 34.2 Å². The number of H-pyrrole nitrogens is 1. The van der Waals surface area contributed by atoms with Crippen molar-refractivity contribution < 1.29 is 4.79 Å². The summed E-state index contributed by atoms with van der Waals surface area (Å²) >= 11 is 0. The van der Waals surface area contributed by atoms with E-state index in [1.807, 2.05) is 29.7 Å². The van der Waals surface area contributed by atoms with E-state index in [2.05, 4.69) is 36.5 Å². The van der Waals surface area contributed by atoms with Crippen LogP contribution in [-0.2, 0) is 0 Å². The number of carbonyl (C=O) groups excluding carboxylic acids is 1. The highest BCUT2D eigenvalue weighted by molar-refractivity contribution is 6.00. The number of hydrogen-bond acceptors (Lipinski definition) is 8. The van der Waals surface area contributed by atoms with Crippen molar-refractivity contribution in [2.45, 2.75) is 20.8 Å². The van der Waals surface area contributed by atoms with Gasteiger partial charge >= 0.3 is 0 Å². The Labute approximate surface area is 194 Å². The summed E-state index contributed by atoms with van der Waals surface area (Å²) < 4.78 is 1.84. The maximum absolute atomic E-state index is 12.3. The molecule has 0 saturated heterocycles. The second-order valence-electron chi connectivity index (χ2n) is 7.77. The van der Waals surface area contributed by atoms with Crippen LogP contribution in [0.3, 0.4) is 0 Å². The second kappa shape index (κ2) is 8.22. The van der Waals surface area contributed by atoms with Crippen molar-refractivity contribution in [3.8, 4) is 23.1 Å². The van der Waals surface area contributed by atoms with Crippen LogP contribution in [0.25, 0.3) is 28.1 Å². The van der Waals surface area contributed by atoms with Crippen LogP contribution in [0.15, 0.2) is 49.1 Å². The third-order valence-corrected chi connectivity index (χ3v) is 5.41. The molecule has 0 spiro atoms. The monoisotopic (exact) mass is 449 g/mol. The molecule has 4 aromatic heterocycles. The number of carbonyl (C=O) groups is 1. The van der Waals surface area contributed by atoms with Crippen LogP contribution in [0.5, 0.6) is 0 Å². The predicted molar refractivity (Wildman–Crippen MR) is 126 cm³/mol. The average molecular weight is 449 g/mol. The number of pyridine rings is 1. The summed E-state index contributed by atoms with van der Waals surface area (Å²) in [6, 6.07) is 11.3. The highest BCUT2D eigenvalue weighted by Gasteiger charge is 2.21. The van der Waals surface area contributed by atoms with Crippen LogP contribution in [0.2, 0.25) is 0 Å². The van der Waals surface area contributed by atoms with Gasteiger partial charge in [0.1, 0.15) is 24.0 Å². The first-order valence-corrected chi connectivity index (χ1v) is 10.4. The van der Waals surface area contributed by atoms with Crippen LogP contribution < -0.4 is 5.32 Å². The van der Waals surface area contributed by atoms with Gasteiger partial charge < -0.3 is 5.32 Å². The zero-order valence-corrected chi connectivity index (χ0v) is 18.7. The molecular formula is C24H19N9O. The number of Topliss-reactive ketones (excluding diaryl/α,β-unsaturated/α-hetero) is 1. The topological polar surface area (TPSA) is 138 Å².